The van der Waals surface area contributed by atoms with Crippen molar-refractivity contribution >= 4 is 22.9 Å². The lowest BCUT2D eigenvalue weighted by molar-refractivity contribution is -0.123. The van der Waals surface area contributed by atoms with Crippen molar-refractivity contribution in [1.29, 1.82) is 5.26 Å². The van der Waals surface area contributed by atoms with Crippen LogP contribution < -0.4 is 10.6 Å². The van der Waals surface area contributed by atoms with E-state index in [1.165, 1.54) is 0 Å². The molecule has 1 aliphatic rings. The minimum atomic E-state index is -0.955. The number of fused-ring (bicyclic) bond motifs is 1. The molecule has 0 unspecified atom stereocenters. The second-order valence-electron chi connectivity index (χ2n) is 7.15. The Morgan fingerprint density at radius 1 is 1.21 bits per heavy atom. The van der Waals surface area contributed by atoms with E-state index in [4.69, 9.17) is 4.42 Å². The number of carbonyl (C=O) groups is 2. The molecule has 1 saturated carbocycles. The molecule has 0 bridgehead atoms. The van der Waals surface area contributed by atoms with Crippen LogP contribution in [0.3, 0.4) is 0 Å². The van der Waals surface area contributed by atoms with Crippen molar-refractivity contribution in [2.24, 2.45) is 0 Å². The van der Waals surface area contributed by atoms with Crippen molar-refractivity contribution in [2.75, 3.05) is 0 Å². The average Bonchev–Trinajstić information content (AvgIpc) is 3.36. The Labute approximate surface area is 166 Å². The number of hydrogen-bond donors (Lipinski definition) is 2. The maximum atomic E-state index is 12.8. The molecule has 0 saturated heterocycles. The SMILES string of the molecule is Cc1cccc(C(=O)N[C@@H](Cc2nc3ccccc3o2)C(=O)NC2(C#N)CC2)n1. The van der Waals surface area contributed by atoms with E-state index in [0.717, 1.165) is 0 Å². The first-order chi connectivity index (χ1) is 14.0. The number of oxazole rings is 1. The lowest BCUT2D eigenvalue weighted by atomic mass is 10.1. The van der Waals surface area contributed by atoms with Crippen LogP contribution >= 0.6 is 0 Å². The molecule has 1 aromatic carbocycles. The van der Waals surface area contributed by atoms with Gasteiger partial charge >= 0.3 is 0 Å². The van der Waals surface area contributed by atoms with Crippen molar-refractivity contribution in [2.45, 2.75) is 37.8 Å². The standard InChI is InChI=1S/C21H19N5O3/c1-13-5-4-7-15(23-13)19(27)25-16(20(28)26-21(12-22)9-10-21)11-18-24-14-6-2-3-8-17(14)29-18/h2-8,16H,9-11H2,1H3,(H,25,27)(H,26,28)/t16-/m0/s1. The molecule has 4 rings (SSSR count). The van der Waals surface area contributed by atoms with Gasteiger partial charge in [0, 0.05) is 5.69 Å². The highest BCUT2D eigenvalue weighted by atomic mass is 16.3. The van der Waals surface area contributed by atoms with Crippen LogP contribution in [-0.4, -0.2) is 33.4 Å². The third kappa shape index (κ3) is 4.09. The number of benzene rings is 1. The van der Waals surface area contributed by atoms with Crippen molar-refractivity contribution < 1.29 is 14.0 Å². The third-order valence-corrected chi connectivity index (χ3v) is 4.79. The van der Waals surface area contributed by atoms with Gasteiger partial charge in [0.2, 0.25) is 5.91 Å². The highest BCUT2D eigenvalue weighted by Crippen LogP contribution is 2.34. The quantitative estimate of drug-likeness (QED) is 0.665. The zero-order valence-electron chi connectivity index (χ0n) is 15.8. The van der Waals surface area contributed by atoms with Crippen LogP contribution in [0.5, 0.6) is 0 Å². The van der Waals surface area contributed by atoms with E-state index in [9.17, 15) is 14.9 Å². The Bertz CT molecular complexity index is 1090. The number of nitriles is 1. The van der Waals surface area contributed by atoms with E-state index in [0.29, 0.717) is 35.5 Å². The van der Waals surface area contributed by atoms with Gasteiger partial charge in [0.15, 0.2) is 11.5 Å². The smallest absolute Gasteiger partial charge is 0.270 e. The average molecular weight is 389 g/mol. The summed E-state index contributed by atoms with van der Waals surface area (Å²) in [6.45, 7) is 1.78. The fraction of sp³-hybridized carbons (Fsp3) is 0.286. The third-order valence-electron chi connectivity index (χ3n) is 4.79. The van der Waals surface area contributed by atoms with Crippen molar-refractivity contribution in [1.82, 2.24) is 20.6 Å². The predicted octanol–water partition coefficient (Wildman–Crippen LogP) is 2.04. The summed E-state index contributed by atoms with van der Waals surface area (Å²) < 4.78 is 5.70. The summed E-state index contributed by atoms with van der Waals surface area (Å²) in [5.41, 5.74) is 1.33. The monoisotopic (exact) mass is 389 g/mol. The zero-order chi connectivity index (χ0) is 20.4. The molecule has 29 heavy (non-hydrogen) atoms. The fourth-order valence-corrected chi connectivity index (χ4v) is 3.01. The van der Waals surface area contributed by atoms with E-state index in [-0.39, 0.29) is 12.1 Å². The first kappa shape index (κ1) is 18.6. The number of hydrogen-bond acceptors (Lipinski definition) is 6. The highest BCUT2D eigenvalue weighted by molar-refractivity contribution is 5.96. The zero-order valence-corrected chi connectivity index (χ0v) is 15.8. The predicted molar refractivity (Wildman–Crippen MR) is 104 cm³/mol. The lowest BCUT2D eigenvalue weighted by Gasteiger charge is -2.19. The van der Waals surface area contributed by atoms with Crippen LogP contribution in [0.1, 0.15) is 34.9 Å². The van der Waals surface area contributed by atoms with E-state index in [1.807, 2.05) is 18.2 Å². The summed E-state index contributed by atoms with van der Waals surface area (Å²) in [5.74, 6) is -0.607. The molecule has 1 fully saturated rings. The summed E-state index contributed by atoms with van der Waals surface area (Å²) in [6.07, 6.45) is 1.25. The number of rotatable bonds is 6. The number of para-hydroxylation sites is 2. The molecule has 0 radical (unpaired) electrons. The van der Waals surface area contributed by atoms with Gasteiger partial charge in [0.05, 0.1) is 12.5 Å². The fourth-order valence-electron chi connectivity index (χ4n) is 3.01. The Balaban J connectivity index is 1.57. The van der Waals surface area contributed by atoms with Crippen molar-refractivity contribution in [3.63, 3.8) is 0 Å². The summed E-state index contributed by atoms with van der Waals surface area (Å²) >= 11 is 0. The maximum absolute atomic E-state index is 12.8. The Morgan fingerprint density at radius 2 is 2.00 bits per heavy atom. The Hall–Kier alpha value is -3.73. The van der Waals surface area contributed by atoms with E-state index < -0.39 is 23.4 Å². The molecule has 0 aliphatic heterocycles. The van der Waals surface area contributed by atoms with Gasteiger partial charge in [-0.15, -0.1) is 0 Å². The molecule has 1 aliphatic carbocycles. The molecule has 8 nitrogen and oxygen atoms in total. The minimum absolute atomic E-state index is 0.0551. The van der Waals surface area contributed by atoms with Gasteiger partial charge in [0.25, 0.3) is 5.91 Å². The number of carbonyl (C=O) groups excluding carboxylic acids is 2. The number of nitrogens with zero attached hydrogens (tertiary/aromatic N) is 3. The van der Waals surface area contributed by atoms with Crippen LogP contribution in [0.4, 0.5) is 0 Å². The molecular weight excluding hydrogens is 370 g/mol. The molecule has 2 aromatic heterocycles. The molecule has 2 N–H and O–H groups in total. The van der Waals surface area contributed by atoms with Crippen molar-refractivity contribution in [3.8, 4) is 6.07 Å². The molecule has 1 atom stereocenters. The number of aromatic nitrogens is 2. The van der Waals surface area contributed by atoms with E-state index in [2.05, 4.69) is 26.7 Å². The topological polar surface area (TPSA) is 121 Å². The Morgan fingerprint density at radius 3 is 2.69 bits per heavy atom. The van der Waals surface area contributed by atoms with Gasteiger partial charge in [-0.05, 0) is 44.0 Å². The number of aryl methyl sites for hydroxylation is 1. The summed E-state index contributed by atoms with van der Waals surface area (Å²) in [4.78, 5) is 34.1. The molecule has 2 heterocycles. The number of pyridine rings is 1. The van der Waals surface area contributed by atoms with Gasteiger partial charge in [-0.1, -0.05) is 18.2 Å². The van der Waals surface area contributed by atoms with Crippen LogP contribution in [-0.2, 0) is 11.2 Å². The normalized spacial score (nSPS) is 15.3. The second kappa shape index (κ2) is 7.36. The summed E-state index contributed by atoms with van der Waals surface area (Å²) in [6, 6.07) is 13.5. The van der Waals surface area contributed by atoms with Gasteiger partial charge < -0.3 is 15.1 Å². The van der Waals surface area contributed by atoms with Gasteiger partial charge in [-0.25, -0.2) is 9.97 Å². The minimum Gasteiger partial charge on any atom is -0.441 e. The van der Waals surface area contributed by atoms with Crippen LogP contribution in [0, 0.1) is 18.3 Å². The first-order valence-corrected chi connectivity index (χ1v) is 9.30. The molecule has 3 aromatic rings. The number of amides is 2. The van der Waals surface area contributed by atoms with E-state index >= 15 is 0 Å². The van der Waals surface area contributed by atoms with Gasteiger partial charge in [0.1, 0.15) is 22.8 Å². The molecule has 8 heteroatoms. The van der Waals surface area contributed by atoms with Crippen LogP contribution in [0.25, 0.3) is 11.1 Å². The first-order valence-electron chi connectivity index (χ1n) is 9.30. The second-order valence-corrected chi connectivity index (χ2v) is 7.15. The van der Waals surface area contributed by atoms with E-state index in [1.54, 1.807) is 31.2 Å². The molecule has 0 spiro atoms. The van der Waals surface area contributed by atoms with Gasteiger partial charge in [-0.3, -0.25) is 9.59 Å². The summed E-state index contributed by atoms with van der Waals surface area (Å²) in [5, 5.41) is 14.7. The lowest BCUT2D eigenvalue weighted by Crippen LogP contribution is -2.51. The van der Waals surface area contributed by atoms with Crippen LogP contribution in [0.2, 0.25) is 0 Å². The Kier molecular flexibility index (Phi) is 4.72. The van der Waals surface area contributed by atoms with Gasteiger partial charge in [-0.2, -0.15) is 5.26 Å². The van der Waals surface area contributed by atoms with Crippen molar-refractivity contribution in [3.05, 3.63) is 59.7 Å². The largest absolute Gasteiger partial charge is 0.441 e. The highest BCUT2D eigenvalue weighted by Gasteiger charge is 2.45. The molecule has 146 valence electrons. The summed E-state index contributed by atoms with van der Waals surface area (Å²) in [7, 11) is 0. The van der Waals surface area contributed by atoms with Crippen LogP contribution in [0.15, 0.2) is 46.9 Å². The molecule has 2 amide bonds. The molecular formula is C21H19N5O3. The maximum Gasteiger partial charge on any atom is 0.270 e. The number of nitrogens with one attached hydrogen (secondary N) is 2.